The van der Waals surface area contributed by atoms with Crippen LogP contribution in [0.3, 0.4) is 0 Å². The molecule has 0 saturated carbocycles. The van der Waals surface area contributed by atoms with E-state index in [0.717, 1.165) is 38.0 Å². The molecular weight excluding hydrogens is 356 g/mol. The van der Waals surface area contributed by atoms with Crippen LogP contribution in [-0.4, -0.2) is 48.6 Å². The predicted molar refractivity (Wildman–Crippen MR) is 102 cm³/mol. The van der Waals surface area contributed by atoms with Crippen LogP contribution in [0.15, 0.2) is 47.8 Å². The first-order valence-electron chi connectivity index (χ1n) is 9.74. The van der Waals surface area contributed by atoms with Crippen molar-refractivity contribution < 1.29 is 9.32 Å². The number of hydrogen-bond acceptors (Lipinski definition) is 6. The summed E-state index contributed by atoms with van der Waals surface area (Å²) in [6, 6.07) is 3.73. The predicted octanol–water partition coefficient (Wildman–Crippen LogP) is 2.59. The summed E-state index contributed by atoms with van der Waals surface area (Å²) in [5, 5.41) is 3.99. The van der Waals surface area contributed by atoms with Crippen LogP contribution in [0.5, 0.6) is 0 Å². The van der Waals surface area contributed by atoms with Gasteiger partial charge in [0.1, 0.15) is 0 Å². The first kappa shape index (κ1) is 18.3. The molecule has 8 heteroatoms. The van der Waals surface area contributed by atoms with Crippen LogP contribution in [0, 0.1) is 5.92 Å². The van der Waals surface area contributed by atoms with Crippen LogP contribution in [-0.2, 0) is 17.8 Å². The Morgan fingerprint density at radius 2 is 2.25 bits per heavy atom. The molecule has 0 aromatic carbocycles. The summed E-state index contributed by atoms with van der Waals surface area (Å²) in [5.41, 5.74) is 0.825. The molecule has 1 amide bonds. The molecule has 146 valence electrons. The summed E-state index contributed by atoms with van der Waals surface area (Å²) in [4.78, 5) is 27.1. The van der Waals surface area contributed by atoms with Gasteiger partial charge < -0.3 is 14.0 Å². The van der Waals surface area contributed by atoms with Crippen molar-refractivity contribution in [3.63, 3.8) is 0 Å². The van der Waals surface area contributed by atoms with Gasteiger partial charge in [-0.15, -0.1) is 0 Å². The van der Waals surface area contributed by atoms with Gasteiger partial charge in [0.05, 0.1) is 6.33 Å². The molecule has 1 aliphatic heterocycles. The first-order valence-corrected chi connectivity index (χ1v) is 9.74. The number of aryl methyl sites for hydroxylation is 1. The number of pyridine rings is 1. The quantitative estimate of drug-likeness (QED) is 0.626. The number of likely N-dealkylation sites (tertiary alicyclic amines) is 1. The number of imidazole rings is 1. The highest BCUT2D eigenvalue weighted by atomic mass is 16.5. The molecule has 4 heterocycles. The fourth-order valence-corrected chi connectivity index (χ4v) is 3.65. The lowest BCUT2D eigenvalue weighted by Gasteiger charge is -2.33. The maximum Gasteiger partial charge on any atom is 0.226 e. The van der Waals surface area contributed by atoms with Crippen LogP contribution >= 0.6 is 0 Å². The highest BCUT2D eigenvalue weighted by Gasteiger charge is 2.23. The summed E-state index contributed by atoms with van der Waals surface area (Å²) < 4.78 is 7.39. The molecule has 28 heavy (non-hydrogen) atoms. The van der Waals surface area contributed by atoms with E-state index in [0.29, 0.717) is 36.9 Å². The molecule has 3 aromatic rings. The number of hydrogen-bond donors (Lipinski definition) is 0. The number of aromatic nitrogens is 5. The Hall–Kier alpha value is -3.03. The Morgan fingerprint density at radius 3 is 3.07 bits per heavy atom. The molecule has 0 bridgehead atoms. The van der Waals surface area contributed by atoms with E-state index < -0.39 is 0 Å². The van der Waals surface area contributed by atoms with Crippen LogP contribution < -0.4 is 0 Å². The Balaban J connectivity index is 1.24. The van der Waals surface area contributed by atoms with Crippen molar-refractivity contribution >= 4 is 5.91 Å². The molecule has 0 spiro atoms. The van der Waals surface area contributed by atoms with Crippen LogP contribution in [0.4, 0.5) is 0 Å². The largest absolute Gasteiger partial charge is 0.342 e. The standard InChI is InChI=1S/C20H24N6O2/c27-19(26-10-3-4-16(14-26)13-25-11-9-22-15-25)7-1-6-18-23-20(24-28-18)17-5-2-8-21-12-17/h2,5,8-9,11-12,15-16H,1,3-4,6-7,10,13-14H2. The molecule has 0 radical (unpaired) electrons. The van der Waals surface area contributed by atoms with Crippen molar-refractivity contribution in [3.8, 4) is 11.4 Å². The zero-order chi connectivity index (χ0) is 19.2. The van der Waals surface area contributed by atoms with Gasteiger partial charge in [-0.2, -0.15) is 4.98 Å². The van der Waals surface area contributed by atoms with E-state index >= 15 is 0 Å². The summed E-state index contributed by atoms with van der Waals surface area (Å²) in [5.74, 6) is 1.79. The highest BCUT2D eigenvalue weighted by Crippen LogP contribution is 2.20. The van der Waals surface area contributed by atoms with Gasteiger partial charge in [-0.25, -0.2) is 4.98 Å². The van der Waals surface area contributed by atoms with Crippen molar-refractivity contribution in [1.29, 1.82) is 0 Å². The van der Waals surface area contributed by atoms with Gasteiger partial charge in [0.25, 0.3) is 0 Å². The normalized spacial score (nSPS) is 17.0. The summed E-state index contributed by atoms with van der Waals surface area (Å²) >= 11 is 0. The third-order valence-corrected chi connectivity index (χ3v) is 5.07. The fourth-order valence-electron chi connectivity index (χ4n) is 3.65. The number of piperidine rings is 1. The van der Waals surface area contributed by atoms with Crippen molar-refractivity contribution in [1.82, 2.24) is 29.6 Å². The van der Waals surface area contributed by atoms with Gasteiger partial charge in [-0.05, 0) is 37.3 Å². The maximum atomic E-state index is 12.6. The Kier molecular flexibility index (Phi) is 5.75. The third-order valence-electron chi connectivity index (χ3n) is 5.07. The van der Waals surface area contributed by atoms with Crippen LogP contribution in [0.1, 0.15) is 31.6 Å². The van der Waals surface area contributed by atoms with E-state index in [1.807, 2.05) is 29.6 Å². The average molecular weight is 380 g/mol. The van der Waals surface area contributed by atoms with Crippen LogP contribution in [0.2, 0.25) is 0 Å². The minimum absolute atomic E-state index is 0.210. The zero-order valence-electron chi connectivity index (χ0n) is 15.8. The van der Waals surface area contributed by atoms with E-state index in [4.69, 9.17) is 4.52 Å². The average Bonchev–Trinajstić information content (AvgIpc) is 3.41. The fraction of sp³-hybridized carbons (Fsp3) is 0.450. The Labute approximate surface area is 163 Å². The lowest BCUT2D eigenvalue weighted by Crippen LogP contribution is -2.41. The number of carbonyl (C=O) groups excluding carboxylic acids is 1. The molecule has 1 unspecified atom stereocenters. The third kappa shape index (κ3) is 4.62. The second-order valence-corrected chi connectivity index (χ2v) is 7.21. The molecule has 0 N–H and O–H groups in total. The van der Waals surface area contributed by atoms with E-state index in [-0.39, 0.29) is 5.91 Å². The number of amides is 1. The van der Waals surface area contributed by atoms with Gasteiger partial charge in [0.2, 0.25) is 17.6 Å². The Morgan fingerprint density at radius 1 is 1.29 bits per heavy atom. The molecule has 1 fully saturated rings. The smallest absolute Gasteiger partial charge is 0.226 e. The topological polar surface area (TPSA) is 89.9 Å². The summed E-state index contributed by atoms with van der Waals surface area (Å²) in [7, 11) is 0. The van der Waals surface area contributed by atoms with Gasteiger partial charge >= 0.3 is 0 Å². The second-order valence-electron chi connectivity index (χ2n) is 7.21. The lowest BCUT2D eigenvalue weighted by molar-refractivity contribution is -0.133. The molecule has 1 atom stereocenters. The van der Waals surface area contributed by atoms with Crippen molar-refractivity contribution in [2.24, 2.45) is 5.92 Å². The molecule has 3 aromatic heterocycles. The van der Waals surface area contributed by atoms with Gasteiger partial charge in [-0.1, -0.05) is 5.16 Å². The summed E-state index contributed by atoms with van der Waals surface area (Å²) in [6.07, 6.45) is 13.0. The number of carbonyl (C=O) groups is 1. The van der Waals surface area contributed by atoms with E-state index in [9.17, 15) is 4.79 Å². The van der Waals surface area contributed by atoms with Gasteiger partial charge in [0, 0.05) is 62.8 Å². The molecule has 4 rings (SSSR count). The minimum Gasteiger partial charge on any atom is -0.342 e. The molecular formula is C20H24N6O2. The zero-order valence-corrected chi connectivity index (χ0v) is 15.8. The van der Waals surface area contributed by atoms with Crippen molar-refractivity contribution in [2.75, 3.05) is 13.1 Å². The Bertz CT molecular complexity index is 877. The lowest BCUT2D eigenvalue weighted by atomic mass is 9.97. The van der Waals surface area contributed by atoms with Crippen molar-refractivity contribution in [3.05, 3.63) is 49.1 Å². The molecule has 0 aliphatic carbocycles. The van der Waals surface area contributed by atoms with E-state index in [1.165, 1.54) is 0 Å². The van der Waals surface area contributed by atoms with Gasteiger partial charge in [0.15, 0.2) is 0 Å². The minimum atomic E-state index is 0.210. The summed E-state index contributed by atoms with van der Waals surface area (Å²) in [6.45, 7) is 2.59. The van der Waals surface area contributed by atoms with Crippen molar-refractivity contribution in [2.45, 2.75) is 38.6 Å². The first-order chi connectivity index (χ1) is 13.8. The second kappa shape index (κ2) is 8.77. The molecule has 1 aliphatic rings. The monoisotopic (exact) mass is 380 g/mol. The maximum absolute atomic E-state index is 12.6. The SMILES string of the molecule is O=C(CCCc1nc(-c2cccnc2)no1)N1CCCC(Cn2ccnc2)C1. The number of rotatable bonds is 7. The van der Waals surface area contributed by atoms with E-state index in [2.05, 4.69) is 24.7 Å². The molecule has 1 saturated heterocycles. The highest BCUT2D eigenvalue weighted by molar-refractivity contribution is 5.76. The molecule has 8 nitrogen and oxygen atoms in total. The van der Waals surface area contributed by atoms with Crippen LogP contribution in [0.25, 0.3) is 11.4 Å². The number of nitrogens with zero attached hydrogens (tertiary/aromatic N) is 6. The van der Waals surface area contributed by atoms with Gasteiger partial charge in [-0.3, -0.25) is 9.78 Å². The van der Waals surface area contributed by atoms with E-state index in [1.54, 1.807) is 18.6 Å².